The lowest BCUT2D eigenvalue weighted by atomic mass is 10.3. The maximum absolute atomic E-state index is 12.1. The van der Waals surface area contributed by atoms with Crippen LogP contribution in [0.1, 0.15) is 0 Å². The monoisotopic (exact) mass is 400 g/mol. The maximum Gasteiger partial charge on any atom is 0.279 e. The van der Waals surface area contributed by atoms with Crippen LogP contribution in [0.25, 0.3) is 0 Å². The minimum atomic E-state index is -0.289. The predicted molar refractivity (Wildman–Crippen MR) is 102 cm³/mol. The molecule has 0 spiro atoms. The number of hydrogen-bond donors (Lipinski definition) is 3. The molecule has 0 bridgehead atoms. The minimum absolute atomic E-state index is 0.0878. The Morgan fingerprint density at radius 1 is 0.920 bits per heavy atom. The molecular weight excluding hydrogens is 385 g/mol. The smallest absolute Gasteiger partial charge is 0.279 e. The van der Waals surface area contributed by atoms with Gasteiger partial charge in [0.2, 0.25) is 0 Å². The van der Waals surface area contributed by atoms with Gasteiger partial charge in [-0.1, -0.05) is 46.9 Å². The molecule has 2 aromatic carbocycles. The van der Waals surface area contributed by atoms with Crippen molar-refractivity contribution >= 4 is 58.0 Å². The average Bonchev–Trinajstić information content (AvgIpc) is 2.50. The van der Waals surface area contributed by atoms with Gasteiger partial charge in [-0.15, -0.1) is 0 Å². The molecule has 0 radical (unpaired) electrons. The fourth-order valence-electron chi connectivity index (χ4n) is 2.18. The molecule has 25 heavy (non-hydrogen) atoms. The Morgan fingerprint density at radius 3 is 2.08 bits per heavy atom. The second kappa shape index (κ2) is 9.06. The number of halogens is 3. The fourth-order valence-corrected chi connectivity index (χ4v) is 2.87. The molecule has 0 aliphatic carbocycles. The summed E-state index contributed by atoms with van der Waals surface area (Å²) in [7, 11) is 1.74. The largest absolute Gasteiger partial charge is 0.322 e. The SMILES string of the molecule is C[NH+](CC(=O)Nc1cccc(Cl)c1)CC(=O)Nc1c(Cl)cccc1Cl. The van der Waals surface area contributed by atoms with Crippen LogP contribution in [0.5, 0.6) is 0 Å². The maximum atomic E-state index is 12.1. The first-order valence-electron chi connectivity index (χ1n) is 7.45. The number of quaternary nitrogens is 1. The van der Waals surface area contributed by atoms with E-state index in [1.165, 1.54) is 0 Å². The van der Waals surface area contributed by atoms with E-state index in [9.17, 15) is 9.59 Å². The van der Waals surface area contributed by atoms with Crippen molar-refractivity contribution < 1.29 is 14.5 Å². The second-order valence-corrected chi connectivity index (χ2v) is 6.76. The quantitative estimate of drug-likeness (QED) is 0.697. The fraction of sp³-hybridized carbons (Fsp3) is 0.176. The van der Waals surface area contributed by atoms with Crippen LogP contribution in [0.3, 0.4) is 0 Å². The first kappa shape index (κ1) is 19.5. The molecule has 1 unspecified atom stereocenters. The Morgan fingerprint density at radius 2 is 1.48 bits per heavy atom. The van der Waals surface area contributed by atoms with Gasteiger partial charge < -0.3 is 15.5 Å². The molecule has 0 saturated heterocycles. The molecule has 0 aliphatic heterocycles. The Balaban J connectivity index is 1.86. The van der Waals surface area contributed by atoms with E-state index in [0.717, 1.165) is 0 Å². The Kier molecular flexibility index (Phi) is 7.08. The van der Waals surface area contributed by atoms with Gasteiger partial charge in [-0.25, -0.2) is 0 Å². The summed E-state index contributed by atoms with van der Waals surface area (Å²) >= 11 is 17.9. The van der Waals surface area contributed by atoms with E-state index in [1.807, 2.05) is 0 Å². The number of amides is 2. The highest BCUT2D eigenvalue weighted by Gasteiger charge is 2.16. The van der Waals surface area contributed by atoms with Gasteiger partial charge in [-0.3, -0.25) is 9.59 Å². The number of para-hydroxylation sites is 1. The van der Waals surface area contributed by atoms with Crippen molar-refractivity contribution in [2.45, 2.75) is 0 Å². The molecule has 5 nitrogen and oxygen atoms in total. The summed E-state index contributed by atoms with van der Waals surface area (Å²) in [5, 5.41) is 6.66. The zero-order chi connectivity index (χ0) is 18.4. The van der Waals surface area contributed by atoms with Crippen LogP contribution in [0.2, 0.25) is 15.1 Å². The number of rotatable bonds is 6. The molecule has 0 heterocycles. The highest BCUT2D eigenvalue weighted by Crippen LogP contribution is 2.29. The lowest BCUT2D eigenvalue weighted by Gasteiger charge is -2.14. The van der Waals surface area contributed by atoms with E-state index >= 15 is 0 Å². The summed E-state index contributed by atoms with van der Waals surface area (Å²) in [6.45, 7) is 0.209. The van der Waals surface area contributed by atoms with E-state index in [1.54, 1.807) is 49.5 Å². The van der Waals surface area contributed by atoms with E-state index in [0.29, 0.717) is 31.3 Å². The molecule has 2 rings (SSSR count). The third-order valence-corrected chi connectivity index (χ3v) is 4.13. The molecule has 0 saturated carbocycles. The summed E-state index contributed by atoms with van der Waals surface area (Å²) in [6.07, 6.45) is 0. The molecule has 8 heteroatoms. The number of hydrogen-bond acceptors (Lipinski definition) is 2. The van der Waals surface area contributed by atoms with Crippen molar-refractivity contribution in [2.75, 3.05) is 30.8 Å². The Labute approximate surface area is 160 Å². The number of likely N-dealkylation sites (N-methyl/N-ethyl adjacent to an activating group) is 1. The molecule has 2 aromatic rings. The van der Waals surface area contributed by atoms with E-state index < -0.39 is 0 Å². The van der Waals surface area contributed by atoms with Crippen LogP contribution >= 0.6 is 34.8 Å². The van der Waals surface area contributed by atoms with Crippen molar-refractivity contribution in [2.24, 2.45) is 0 Å². The normalized spacial score (nSPS) is 11.7. The predicted octanol–water partition coefficient (Wildman–Crippen LogP) is 2.74. The number of anilines is 2. The number of benzene rings is 2. The van der Waals surface area contributed by atoms with E-state index in [2.05, 4.69) is 10.6 Å². The number of carbonyl (C=O) groups is 2. The van der Waals surface area contributed by atoms with Crippen LogP contribution in [0.4, 0.5) is 11.4 Å². The van der Waals surface area contributed by atoms with Crippen LogP contribution in [-0.2, 0) is 9.59 Å². The van der Waals surface area contributed by atoms with Gasteiger partial charge in [0.15, 0.2) is 13.1 Å². The summed E-state index contributed by atoms with van der Waals surface area (Å²) in [4.78, 5) is 24.9. The Hall–Kier alpha value is -1.79. The first-order valence-corrected chi connectivity index (χ1v) is 8.59. The summed E-state index contributed by atoms with van der Waals surface area (Å²) < 4.78 is 0. The first-order chi connectivity index (χ1) is 11.8. The second-order valence-electron chi connectivity index (χ2n) is 5.51. The number of nitrogens with one attached hydrogen (secondary N) is 3. The highest BCUT2D eigenvalue weighted by molar-refractivity contribution is 6.39. The molecule has 3 N–H and O–H groups in total. The molecule has 0 aliphatic rings. The highest BCUT2D eigenvalue weighted by atomic mass is 35.5. The topological polar surface area (TPSA) is 62.6 Å². The third kappa shape index (κ3) is 6.21. The van der Waals surface area contributed by atoms with Crippen molar-refractivity contribution in [3.63, 3.8) is 0 Å². The average molecular weight is 402 g/mol. The van der Waals surface area contributed by atoms with Crippen molar-refractivity contribution in [3.05, 3.63) is 57.5 Å². The molecule has 0 aromatic heterocycles. The summed E-state index contributed by atoms with van der Waals surface area (Å²) in [5.41, 5.74) is 0.976. The summed E-state index contributed by atoms with van der Waals surface area (Å²) in [5.74, 6) is -0.508. The van der Waals surface area contributed by atoms with Gasteiger partial charge in [0.25, 0.3) is 11.8 Å². The summed E-state index contributed by atoms with van der Waals surface area (Å²) in [6, 6.07) is 11.8. The van der Waals surface area contributed by atoms with Gasteiger partial charge >= 0.3 is 0 Å². The molecule has 0 fully saturated rings. The molecular formula is C17H17Cl3N3O2+. The lowest BCUT2D eigenvalue weighted by molar-refractivity contribution is -0.862. The van der Waals surface area contributed by atoms with E-state index in [-0.39, 0.29) is 24.9 Å². The van der Waals surface area contributed by atoms with Crippen molar-refractivity contribution in [1.29, 1.82) is 0 Å². The minimum Gasteiger partial charge on any atom is -0.322 e. The van der Waals surface area contributed by atoms with Gasteiger partial charge in [-0.2, -0.15) is 0 Å². The zero-order valence-electron chi connectivity index (χ0n) is 13.4. The van der Waals surface area contributed by atoms with Crippen LogP contribution in [0, 0.1) is 0 Å². The van der Waals surface area contributed by atoms with E-state index in [4.69, 9.17) is 34.8 Å². The van der Waals surface area contributed by atoms with Crippen LogP contribution in [-0.4, -0.2) is 32.0 Å². The van der Waals surface area contributed by atoms with Gasteiger partial charge in [-0.05, 0) is 30.3 Å². The van der Waals surface area contributed by atoms with Gasteiger partial charge in [0.1, 0.15) is 0 Å². The van der Waals surface area contributed by atoms with Crippen molar-refractivity contribution in [1.82, 2.24) is 0 Å². The number of carbonyl (C=O) groups excluding carboxylic acids is 2. The van der Waals surface area contributed by atoms with Crippen LogP contribution < -0.4 is 15.5 Å². The van der Waals surface area contributed by atoms with Gasteiger partial charge in [0, 0.05) is 10.7 Å². The van der Waals surface area contributed by atoms with Crippen molar-refractivity contribution in [3.8, 4) is 0 Å². The zero-order valence-corrected chi connectivity index (χ0v) is 15.7. The molecule has 132 valence electrons. The standard InChI is InChI=1S/C17H16Cl3N3O2/c1-23(9-15(24)21-12-5-2-4-11(18)8-12)10-16(25)22-17-13(19)6-3-7-14(17)20/h2-8H,9-10H2,1H3,(H,21,24)(H,22,25)/p+1. The molecule has 1 atom stereocenters. The van der Waals surface area contributed by atoms with Crippen LogP contribution in [0.15, 0.2) is 42.5 Å². The van der Waals surface area contributed by atoms with Gasteiger partial charge in [0.05, 0.1) is 22.8 Å². The third-order valence-electron chi connectivity index (χ3n) is 3.26. The lowest BCUT2D eigenvalue weighted by Crippen LogP contribution is -3.11. The Bertz CT molecular complexity index is 763. The molecule has 2 amide bonds.